The van der Waals surface area contributed by atoms with Crippen LogP contribution in [0.5, 0.6) is 23.5 Å². The Balaban J connectivity index is 2.40. The maximum absolute atomic E-state index is 11.8. The van der Waals surface area contributed by atoms with Crippen molar-refractivity contribution >= 4 is 21.9 Å². The molecular weight excluding hydrogens is 356 g/mol. The molecule has 2 aromatic rings. The number of methoxy groups -OCH3 is 3. The minimum absolute atomic E-state index is 0.0105. The van der Waals surface area contributed by atoms with Gasteiger partial charge in [0.05, 0.1) is 27.4 Å². The van der Waals surface area contributed by atoms with E-state index in [4.69, 9.17) is 18.9 Å². The average Bonchev–Trinajstić information content (AvgIpc) is 2.55. The Bertz CT molecular complexity index is 671. The molecule has 1 heterocycles. The summed E-state index contributed by atoms with van der Waals surface area (Å²) >= 11 is 3.29. The van der Waals surface area contributed by atoms with Crippen LogP contribution >= 0.6 is 15.9 Å². The molecule has 0 fully saturated rings. The van der Waals surface area contributed by atoms with E-state index in [-0.39, 0.29) is 29.1 Å². The number of halogens is 1. The van der Waals surface area contributed by atoms with E-state index < -0.39 is 5.97 Å². The normalized spacial score (nSPS) is 10.0. The van der Waals surface area contributed by atoms with Crippen molar-refractivity contribution in [2.45, 2.75) is 0 Å². The minimum Gasteiger partial charge on any atom is -0.481 e. The predicted molar refractivity (Wildman–Crippen MR) is 80.7 cm³/mol. The summed E-state index contributed by atoms with van der Waals surface area (Å²) in [5.74, 6) is 0.272. The Hall–Kier alpha value is -2.35. The first-order chi connectivity index (χ1) is 10.6. The zero-order valence-corrected chi connectivity index (χ0v) is 13.7. The van der Waals surface area contributed by atoms with Crippen LogP contribution in [-0.2, 0) is 4.74 Å². The fourth-order valence-corrected chi connectivity index (χ4v) is 1.96. The lowest BCUT2D eigenvalue weighted by atomic mass is 10.2. The highest BCUT2D eigenvalue weighted by molar-refractivity contribution is 9.10. The van der Waals surface area contributed by atoms with Crippen molar-refractivity contribution in [3.05, 3.63) is 34.3 Å². The summed E-state index contributed by atoms with van der Waals surface area (Å²) in [4.78, 5) is 19.9. The first-order valence-electron chi connectivity index (χ1n) is 6.10. The minimum atomic E-state index is -0.536. The second kappa shape index (κ2) is 7.08. The van der Waals surface area contributed by atoms with Crippen LogP contribution in [0.3, 0.4) is 0 Å². The fourth-order valence-electron chi connectivity index (χ4n) is 1.60. The first kappa shape index (κ1) is 16.0. The van der Waals surface area contributed by atoms with Gasteiger partial charge in [-0.2, -0.15) is 9.97 Å². The topological polar surface area (TPSA) is 79.8 Å². The van der Waals surface area contributed by atoms with E-state index in [1.54, 1.807) is 18.2 Å². The van der Waals surface area contributed by atoms with Gasteiger partial charge in [-0.3, -0.25) is 0 Å². The Labute approximate surface area is 135 Å². The molecule has 0 radical (unpaired) electrons. The van der Waals surface area contributed by atoms with Crippen LogP contribution < -0.4 is 14.2 Å². The van der Waals surface area contributed by atoms with Crippen molar-refractivity contribution in [2.24, 2.45) is 0 Å². The zero-order valence-electron chi connectivity index (χ0n) is 12.1. The van der Waals surface area contributed by atoms with Gasteiger partial charge in [0.1, 0.15) is 11.3 Å². The molecule has 1 aromatic carbocycles. The van der Waals surface area contributed by atoms with E-state index >= 15 is 0 Å². The van der Waals surface area contributed by atoms with Crippen molar-refractivity contribution < 1.29 is 23.7 Å². The molecule has 0 aliphatic rings. The van der Waals surface area contributed by atoms with Crippen LogP contribution in [0, 0.1) is 0 Å². The van der Waals surface area contributed by atoms with E-state index in [1.165, 1.54) is 27.4 Å². The van der Waals surface area contributed by atoms with E-state index in [9.17, 15) is 4.79 Å². The molecule has 0 spiro atoms. The van der Waals surface area contributed by atoms with Crippen molar-refractivity contribution in [2.75, 3.05) is 21.3 Å². The van der Waals surface area contributed by atoms with Crippen LogP contribution in [0.25, 0.3) is 0 Å². The van der Waals surface area contributed by atoms with E-state index in [0.29, 0.717) is 4.47 Å². The number of carbonyl (C=O) groups excluding carboxylic acids is 1. The molecule has 0 bridgehead atoms. The van der Waals surface area contributed by atoms with E-state index in [0.717, 1.165) is 0 Å². The van der Waals surface area contributed by atoms with Crippen molar-refractivity contribution in [3.8, 4) is 23.5 Å². The fraction of sp³-hybridized carbons (Fsp3) is 0.214. The molecular formula is C14H13BrN2O5. The molecule has 22 heavy (non-hydrogen) atoms. The van der Waals surface area contributed by atoms with Crippen LogP contribution in [0.15, 0.2) is 28.7 Å². The molecule has 0 aliphatic carbocycles. The Kier molecular flexibility index (Phi) is 5.16. The smallest absolute Gasteiger partial charge is 0.341 e. The van der Waals surface area contributed by atoms with Gasteiger partial charge in [-0.05, 0) is 18.2 Å². The summed E-state index contributed by atoms with van der Waals surface area (Å²) in [5, 5.41) is 0. The number of hydrogen-bond donors (Lipinski definition) is 0. The second-order valence-corrected chi connectivity index (χ2v) is 4.89. The van der Waals surface area contributed by atoms with Crippen LogP contribution in [0.1, 0.15) is 10.4 Å². The van der Waals surface area contributed by atoms with Crippen molar-refractivity contribution in [1.82, 2.24) is 9.97 Å². The number of rotatable bonds is 5. The number of hydrogen-bond acceptors (Lipinski definition) is 7. The van der Waals surface area contributed by atoms with E-state index in [2.05, 4.69) is 25.9 Å². The number of nitrogens with zero attached hydrogens (tertiary/aromatic N) is 2. The predicted octanol–water partition coefficient (Wildman–Crippen LogP) is 2.84. The third kappa shape index (κ3) is 3.64. The van der Waals surface area contributed by atoms with Crippen molar-refractivity contribution in [3.63, 3.8) is 0 Å². The molecule has 0 atom stereocenters. The quantitative estimate of drug-likeness (QED) is 0.750. The molecule has 0 N–H and O–H groups in total. The summed E-state index contributed by atoms with van der Waals surface area (Å²) in [6, 6.07) is 6.41. The highest BCUT2D eigenvalue weighted by Gasteiger charge is 2.16. The molecule has 0 unspecified atom stereocenters. The third-order valence-electron chi connectivity index (χ3n) is 2.63. The Morgan fingerprint density at radius 2 is 1.68 bits per heavy atom. The first-order valence-corrected chi connectivity index (χ1v) is 6.89. The molecule has 0 saturated heterocycles. The van der Waals surface area contributed by atoms with E-state index in [1.807, 2.05) is 0 Å². The van der Waals surface area contributed by atoms with Gasteiger partial charge in [0.25, 0.3) is 0 Å². The van der Waals surface area contributed by atoms with Crippen LogP contribution in [0.2, 0.25) is 0 Å². The summed E-state index contributed by atoms with van der Waals surface area (Å²) in [6.07, 6.45) is 0. The number of carbonyl (C=O) groups is 1. The molecule has 0 amide bonds. The highest BCUT2D eigenvalue weighted by atomic mass is 79.9. The molecule has 0 aliphatic heterocycles. The second-order valence-electron chi connectivity index (χ2n) is 3.97. The largest absolute Gasteiger partial charge is 0.481 e. The molecule has 1 aromatic heterocycles. The zero-order chi connectivity index (χ0) is 16.1. The average molecular weight is 369 g/mol. The lowest BCUT2D eigenvalue weighted by molar-refractivity contribution is 0.0597. The van der Waals surface area contributed by atoms with Crippen LogP contribution in [0.4, 0.5) is 0 Å². The van der Waals surface area contributed by atoms with Gasteiger partial charge in [0, 0.05) is 4.47 Å². The van der Waals surface area contributed by atoms with Gasteiger partial charge in [0.2, 0.25) is 11.8 Å². The lowest BCUT2D eigenvalue weighted by Gasteiger charge is -2.10. The Morgan fingerprint density at radius 1 is 1.05 bits per heavy atom. The summed E-state index contributed by atoms with van der Waals surface area (Å²) < 4.78 is 21.1. The summed E-state index contributed by atoms with van der Waals surface area (Å²) in [5.41, 5.74) is 0.238. The van der Waals surface area contributed by atoms with Gasteiger partial charge in [-0.1, -0.05) is 15.9 Å². The van der Waals surface area contributed by atoms with Gasteiger partial charge in [-0.15, -0.1) is 0 Å². The maximum atomic E-state index is 11.8. The molecule has 7 nitrogen and oxygen atoms in total. The maximum Gasteiger partial charge on any atom is 0.341 e. The number of ether oxygens (including phenoxy) is 4. The monoisotopic (exact) mass is 368 g/mol. The summed E-state index contributed by atoms with van der Waals surface area (Å²) in [6.45, 7) is 0. The SMILES string of the molecule is COC(=O)c1cc(Br)ccc1Oc1nc(OC)cc(OC)n1. The number of aromatic nitrogens is 2. The molecule has 116 valence electrons. The summed E-state index contributed by atoms with van der Waals surface area (Å²) in [7, 11) is 4.22. The third-order valence-corrected chi connectivity index (χ3v) is 3.12. The van der Waals surface area contributed by atoms with Gasteiger partial charge < -0.3 is 18.9 Å². The highest BCUT2D eigenvalue weighted by Crippen LogP contribution is 2.29. The van der Waals surface area contributed by atoms with Crippen molar-refractivity contribution in [1.29, 1.82) is 0 Å². The molecule has 0 saturated carbocycles. The van der Waals surface area contributed by atoms with Gasteiger partial charge in [-0.25, -0.2) is 4.79 Å². The number of esters is 1. The lowest BCUT2D eigenvalue weighted by Crippen LogP contribution is -2.05. The Morgan fingerprint density at radius 3 is 2.23 bits per heavy atom. The number of benzene rings is 1. The molecule has 8 heteroatoms. The standard InChI is InChI=1S/C14H13BrN2O5/c1-19-11-7-12(20-2)17-14(16-11)22-10-5-4-8(15)6-9(10)13(18)21-3/h4-7H,1-3H3. The van der Waals surface area contributed by atoms with Gasteiger partial charge in [0.15, 0.2) is 0 Å². The van der Waals surface area contributed by atoms with Gasteiger partial charge >= 0.3 is 12.0 Å². The molecule has 2 rings (SSSR count). The van der Waals surface area contributed by atoms with Crippen LogP contribution in [-0.4, -0.2) is 37.3 Å².